The van der Waals surface area contributed by atoms with E-state index in [4.69, 9.17) is 21.1 Å². The molecule has 0 aliphatic rings. The molecule has 0 bridgehead atoms. The zero-order valence-corrected chi connectivity index (χ0v) is 19.5. The number of hydrogen-bond acceptors (Lipinski definition) is 6. The van der Waals surface area contributed by atoms with Gasteiger partial charge in [0.1, 0.15) is 11.5 Å². The number of carbonyl (C=O) groups excluding carboxylic acids is 1. The normalized spacial score (nSPS) is 11.1. The number of anilines is 1. The molecule has 0 unspecified atom stereocenters. The highest BCUT2D eigenvalue weighted by atomic mass is 32.1. The Morgan fingerprint density at radius 2 is 1.83 bits per heavy atom. The molecule has 1 amide bonds. The van der Waals surface area contributed by atoms with Crippen LogP contribution in [0, 0.1) is 6.92 Å². The van der Waals surface area contributed by atoms with Gasteiger partial charge in [0.15, 0.2) is 16.3 Å². The molecule has 0 saturated heterocycles. The number of aromatic nitrogens is 2. The summed E-state index contributed by atoms with van der Waals surface area (Å²) in [6.45, 7) is 1.94. The lowest BCUT2D eigenvalue weighted by atomic mass is 10.1. The Balaban J connectivity index is 1.23. The van der Waals surface area contributed by atoms with Gasteiger partial charge in [0.05, 0.1) is 0 Å². The van der Waals surface area contributed by atoms with Crippen LogP contribution in [-0.4, -0.2) is 21.0 Å². The quantitative estimate of drug-likeness (QED) is 0.236. The molecule has 8 heteroatoms. The molecule has 35 heavy (non-hydrogen) atoms. The second-order valence-corrected chi connectivity index (χ2v) is 8.13. The average molecular weight is 481 g/mol. The molecule has 0 radical (unpaired) electrons. The first-order valence-corrected chi connectivity index (χ1v) is 11.2. The van der Waals surface area contributed by atoms with Crippen molar-refractivity contribution in [1.29, 1.82) is 0 Å². The molecule has 0 fully saturated rings. The summed E-state index contributed by atoms with van der Waals surface area (Å²) in [5.74, 6) is 1.37. The molecule has 0 spiro atoms. The third-order valence-electron chi connectivity index (χ3n) is 5.22. The second-order valence-electron chi connectivity index (χ2n) is 7.72. The number of hydrogen-bond donors (Lipinski definition) is 2. The molecule has 172 valence electrons. The number of furan rings is 1. The van der Waals surface area contributed by atoms with E-state index in [0.717, 1.165) is 28.1 Å². The summed E-state index contributed by atoms with van der Waals surface area (Å²) in [4.78, 5) is 21.0. The highest BCUT2D eigenvalue weighted by Crippen LogP contribution is 2.27. The van der Waals surface area contributed by atoms with Gasteiger partial charge in [-0.15, -0.1) is 0 Å². The molecule has 3 heterocycles. The van der Waals surface area contributed by atoms with Crippen molar-refractivity contribution in [2.45, 2.75) is 6.92 Å². The summed E-state index contributed by atoms with van der Waals surface area (Å²) in [6, 6.07) is 22.7. The van der Waals surface area contributed by atoms with Crippen molar-refractivity contribution in [3.05, 3.63) is 96.4 Å². The fourth-order valence-corrected chi connectivity index (χ4v) is 3.66. The number of benzene rings is 2. The van der Waals surface area contributed by atoms with Crippen LogP contribution in [0.3, 0.4) is 0 Å². The molecule has 7 nitrogen and oxygen atoms in total. The number of amides is 1. The van der Waals surface area contributed by atoms with Crippen LogP contribution in [0.4, 0.5) is 5.69 Å². The van der Waals surface area contributed by atoms with Crippen molar-refractivity contribution in [3.8, 4) is 22.8 Å². The molecule has 5 aromatic rings. The van der Waals surface area contributed by atoms with Gasteiger partial charge in [-0.25, -0.2) is 4.98 Å². The van der Waals surface area contributed by atoms with Gasteiger partial charge in [-0.05, 0) is 67.2 Å². The average Bonchev–Trinajstić information content (AvgIpc) is 3.52. The summed E-state index contributed by atoms with van der Waals surface area (Å²) >= 11 is 5.33. The molecule has 0 aliphatic carbocycles. The minimum atomic E-state index is -0.376. The van der Waals surface area contributed by atoms with Crippen LogP contribution < -0.4 is 10.6 Å². The number of nitrogens with one attached hydrogen (secondary N) is 2. The maximum absolute atomic E-state index is 12.4. The molecule has 2 aromatic carbocycles. The van der Waals surface area contributed by atoms with E-state index in [1.165, 1.54) is 6.08 Å². The lowest BCUT2D eigenvalue weighted by Crippen LogP contribution is -2.33. The summed E-state index contributed by atoms with van der Waals surface area (Å²) in [5, 5.41) is 5.88. The smallest absolute Gasteiger partial charge is 0.250 e. The topological polar surface area (TPSA) is 93.2 Å². The number of thiocarbonyl (C=S) groups is 1. The predicted octanol–water partition coefficient (Wildman–Crippen LogP) is 5.98. The van der Waals surface area contributed by atoms with Gasteiger partial charge >= 0.3 is 0 Å². The summed E-state index contributed by atoms with van der Waals surface area (Å²) in [7, 11) is 0. The number of fused-ring (bicyclic) bond motifs is 1. The van der Waals surface area contributed by atoms with E-state index in [0.29, 0.717) is 22.9 Å². The van der Waals surface area contributed by atoms with Crippen LogP contribution >= 0.6 is 12.2 Å². The Hall–Kier alpha value is -4.56. The molecular formula is C27H20N4O3S. The predicted molar refractivity (Wildman–Crippen MR) is 140 cm³/mol. The van der Waals surface area contributed by atoms with E-state index in [-0.39, 0.29) is 11.0 Å². The van der Waals surface area contributed by atoms with E-state index in [1.54, 1.807) is 24.4 Å². The van der Waals surface area contributed by atoms with Crippen LogP contribution in [0.25, 0.3) is 40.1 Å². The maximum atomic E-state index is 12.4. The van der Waals surface area contributed by atoms with Gasteiger partial charge in [-0.1, -0.05) is 36.4 Å². The van der Waals surface area contributed by atoms with E-state index < -0.39 is 0 Å². The zero-order valence-electron chi connectivity index (χ0n) is 18.7. The van der Waals surface area contributed by atoms with Gasteiger partial charge in [-0.3, -0.25) is 10.1 Å². The monoisotopic (exact) mass is 480 g/mol. The number of carbonyl (C=O) groups is 1. The number of rotatable bonds is 5. The molecular weight excluding hydrogens is 460 g/mol. The van der Waals surface area contributed by atoms with E-state index in [2.05, 4.69) is 20.6 Å². The first-order chi connectivity index (χ1) is 17.0. The molecule has 3 aromatic heterocycles. The Kier molecular flexibility index (Phi) is 6.19. The van der Waals surface area contributed by atoms with Gasteiger partial charge in [0.2, 0.25) is 11.8 Å². The minimum Gasteiger partial charge on any atom is -0.457 e. The molecule has 0 saturated carbocycles. The first kappa shape index (κ1) is 22.2. The Labute approximate surface area is 206 Å². The number of pyridine rings is 1. The van der Waals surface area contributed by atoms with Gasteiger partial charge < -0.3 is 14.2 Å². The second kappa shape index (κ2) is 9.74. The number of aryl methyl sites for hydroxylation is 1. The Bertz CT molecular complexity index is 1520. The van der Waals surface area contributed by atoms with Crippen molar-refractivity contribution < 1.29 is 13.6 Å². The minimum absolute atomic E-state index is 0.170. The third kappa shape index (κ3) is 5.18. The molecule has 0 atom stereocenters. The van der Waals surface area contributed by atoms with Crippen molar-refractivity contribution in [3.63, 3.8) is 0 Å². The number of oxazole rings is 1. The van der Waals surface area contributed by atoms with Crippen LogP contribution in [-0.2, 0) is 4.79 Å². The lowest BCUT2D eigenvalue weighted by Gasteiger charge is -2.11. The van der Waals surface area contributed by atoms with E-state index >= 15 is 0 Å². The van der Waals surface area contributed by atoms with Gasteiger partial charge in [-0.2, -0.15) is 4.98 Å². The van der Waals surface area contributed by atoms with Crippen LogP contribution in [0.2, 0.25) is 0 Å². The molecule has 0 aliphatic heterocycles. The Morgan fingerprint density at radius 3 is 2.66 bits per heavy atom. The maximum Gasteiger partial charge on any atom is 0.250 e. The van der Waals surface area contributed by atoms with Crippen molar-refractivity contribution in [1.82, 2.24) is 15.3 Å². The molecule has 5 rings (SSSR count). The fourth-order valence-electron chi connectivity index (χ4n) is 3.45. The zero-order chi connectivity index (χ0) is 24.2. The SMILES string of the molecule is Cc1ccc(-c2nc3ncccc3o2)cc1NC(=S)NC(=O)/C=C/c1ccc(-c2ccccc2)o1. The largest absolute Gasteiger partial charge is 0.457 e. The highest BCUT2D eigenvalue weighted by molar-refractivity contribution is 7.80. The van der Waals surface area contributed by atoms with Gasteiger partial charge in [0.25, 0.3) is 0 Å². The highest BCUT2D eigenvalue weighted by Gasteiger charge is 2.12. The molecule has 2 N–H and O–H groups in total. The Morgan fingerprint density at radius 1 is 0.971 bits per heavy atom. The summed E-state index contributed by atoms with van der Waals surface area (Å²) < 4.78 is 11.6. The first-order valence-electron chi connectivity index (χ1n) is 10.8. The summed E-state index contributed by atoms with van der Waals surface area (Å²) in [5.41, 5.74) is 4.55. The van der Waals surface area contributed by atoms with E-state index in [9.17, 15) is 4.79 Å². The fraction of sp³-hybridized carbons (Fsp3) is 0.0370. The lowest BCUT2D eigenvalue weighted by molar-refractivity contribution is -0.115. The van der Waals surface area contributed by atoms with Crippen LogP contribution in [0.15, 0.2) is 93.9 Å². The summed E-state index contributed by atoms with van der Waals surface area (Å²) in [6.07, 6.45) is 4.63. The van der Waals surface area contributed by atoms with Crippen LogP contribution in [0.1, 0.15) is 11.3 Å². The van der Waals surface area contributed by atoms with Crippen molar-refractivity contribution >= 4 is 46.2 Å². The standard InChI is InChI=1S/C27H20N4O3S/c1-17-9-10-19(26-31-25-23(34-26)8-5-15-28-25)16-21(17)29-27(35)30-24(32)14-12-20-11-13-22(33-20)18-6-3-2-4-7-18/h2-16H,1H3,(H2,29,30,32,35)/b14-12+. The van der Waals surface area contributed by atoms with Crippen molar-refractivity contribution in [2.24, 2.45) is 0 Å². The van der Waals surface area contributed by atoms with Gasteiger partial charge in [0, 0.05) is 29.1 Å². The number of nitrogens with zero attached hydrogens (tertiary/aromatic N) is 2. The van der Waals surface area contributed by atoms with E-state index in [1.807, 2.05) is 67.6 Å². The van der Waals surface area contributed by atoms with Crippen molar-refractivity contribution in [2.75, 3.05) is 5.32 Å². The van der Waals surface area contributed by atoms with Crippen LogP contribution in [0.5, 0.6) is 0 Å². The third-order valence-corrected chi connectivity index (χ3v) is 5.42.